The highest BCUT2D eigenvalue weighted by atomic mass is 16.5. The van der Waals surface area contributed by atoms with Gasteiger partial charge in [0.2, 0.25) is 5.91 Å². The number of aromatic nitrogens is 2. The molecule has 0 saturated carbocycles. The highest BCUT2D eigenvalue weighted by Gasteiger charge is 2.13. The number of nitrogens with zero attached hydrogens (tertiary/aromatic N) is 3. The van der Waals surface area contributed by atoms with Crippen molar-refractivity contribution in [3.8, 4) is 0 Å². The quantitative estimate of drug-likeness (QED) is 0.922. The zero-order chi connectivity index (χ0) is 14.7. The van der Waals surface area contributed by atoms with Crippen LogP contribution in [0.2, 0.25) is 0 Å². The zero-order valence-electron chi connectivity index (χ0n) is 12.1. The van der Waals surface area contributed by atoms with Crippen molar-refractivity contribution in [3.05, 3.63) is 35.3 Å². The van der Waals surface area contributed by atoms with Crippen molar-refractivity contribution in [2.24, 2.45) is 0 Å². The molecule has 0 radical (unpaired) electrons. The third-order valence-electron chi connectivity index (χ3n) is 3.01. The van der Waals surface area contributed by atoms with Crippen LogP contribution in [0.1, 0.15) is 17.0 Å². The van der Waals surface area contributed by atoms with Crippen molar-refractivity contribution in [1.82, 2.24) is 10.1 Å². The summed E-state index contributed by atoms with van der Waals surface area (Å²) < 4.78 is 5.04. The molecule has 0 aliphatic rings. The first-order chi connectivity index (χ1) is 9.47. The highest BCUT2D eigenvalue weighted by Crippen LogP contribution is 2.15. The van der Waals surface area contributed by atoms with Crippen molar-refractivity contribution in [1.29, 1.82) is 0 Å². The number of anilines is 2. The number of carbonyl (C=O) groups excluding carboxylic acids is 1. The van der Waals surface area contributed by atoms with Crippen molar-refractivity contribution >= 4 is 17.4 Å². The predicted octanol–water partition coefficient (Wildman–Crippen LogP) is 1.93. The minimum atomic E-state index is -0.112. The Kier molecular flexibility index (Phi) is 4.02. The van der Waals surface area contributed by atoms with Gasteiger partial charge >= 0.3 is 0 Å². The van der Waals surface area contributed by atoms with Gasteiger partial charge in [-0.25, -0.2) is 4.98 Å². The number of hydrogen-bond donors (Lipinski definition) is 1. The monoisotopic (exact) mass is 274 g/mol. The van der Waals surface area contributed by atoms with Crippen molar-refractivity contribution < 1.29 is 9.32 Å². The molecule has 2 heterocycles. The lowest BCUT2D eigenvalue weighted by molar-refractivity contribution is -0.115. The van der Waals surface area contributed by atoms with Crippen LogP contribution in [0.15, 0.2) is 22.9 Å². The number of pyridine rings is 1. The molecule has 106 valence electrons. The fourth-order valence-electron chi connectivity index (χ4n) is 1.84. The van der Waals surface area contributed by atoms with Crippen molar-refractivity contribution in [3.63, 3.8) is 0 Å². The second-order valence-corrected chi connectivity index (χ2v) is 4.83. The molecule has 0 aliphatic carbocycles. The first-order valence-corrected chi connectivity index (χ1v) is 6.32. The summed E-state index contributed by atoms with van der Waals surface area (Å²) in [5, 5.41) is 6.65. The van der Waals surface area contributed by atoms with Gasteiger partial charge in [-0.15, -0.1) is 0 Å². The van der Waals surface area contributed by atoms with E-state index in [0.717, 1.165) is 17.1 Å². The number of amides is 1. The lowest BCUT2D eigenvalue weighted by atomic mass is 10.1. The summed E-state index contributed by atoms with van der Waals surface area (Å²) in [5.74, 6) is 1.41. The standard InChI is InChI=1S/C14H18N4O2/c1-9-12(10(2)20-17-9)7-14(19)16-11-5-6-13(15-8-11)18(3)4/h5-6,8H,7H2,1-4H3,(H,16,19). The molecule has 6 nitrogen and oxygen atoms in total. The van der Waals surface area contributed by atoms with Crippen LogP contribution in [-0.4, -0.2) is 30.1 Å². The Morgan fingerprint density at radius 2 is 2.10 bits per heavy atom. The maximum atomic E-state index is 12.0. The minimum Gasteiger partial charge on any atom is -0.363 e. The van der Waals surface area contributed by atoms with E-state index in [1.165, 1.54) is 0 Å². The molecule has 1 amide bonds. The predicted molar refractivity (Wildman–Crippen MR) is 76.9 cm³/mol. The molecule has 2 rings (SSSR count). The van der Waals surface area contributed by atoms with E-state index in [9.17, 15) is 4.79 Å². The summed E-state index contributed by atoms with van der Waals surface area (Å²) in [4.78, 5) is 18.1. The van der Waals surface area contributed by atoms with Crippen LogP contribution in [0.25, 0.3) is 0 Å². The molecule has 0 aromatic carbocycles. The van der Waals surface area contributed by atoms with Gasteiger partial charge in [0.15, 0.2) is 0 Å². The Balaban J connectivity index is 2.01. The normalized spacial score (nSPS) is 10.4. The van der Waals surface area contributed by atoms with Gasteiger partial charge in [-0.2, -0.15) is 0 Å². The van der Waals surface area contributed by atoms with Crippen LogP contribution >= 0.6 is 0 Å². The van der Waals surface area contributed by atoms with Gasteiger partial charge in [0.05, 0.1) is 24.0 Å². The van der Waals surface area contributed by atoms with Gasteiger partial charge in [-0.05, 0) is 26.0 Å². The molecule has 0 bridgehead atoms. The molecule has 0 fully saturated rings. The van der Waals surface area contributed by atoms with E-state index in [1.807, 2.05) is 38.1 Å². The molecule has 0 saturated heterocycles. The van der Waals surface area contributed by atoms with E-state index in [4.69, 9.17) is 4.52 Å². The molecule has 20 heavy (non-hydrogen) atoms. The van der Waals surface area contributed by atoms with Crippen molar-refractivity contribution in [2.45, 2.75) is 20.3 Å². The van der Waals surface area contributed by atoms with Gasteiger partial charge < -0.3 is 14.7 Å². The smallest absolute Gasteiger partial charge is 0.229 e. The lowest BCUT2D eigenvalue weighted by Crippen LogP contribution is -2.16. The van der Waals surface area contributed by atoms with Crippen LogP contribution in [0.4, 0.5) is 11.5 Å². The Bertz CT molecular complexity index is 583. The van der Waals surface area contributed by atoms with E-state index in [2.05, 4.69) is 15.5 Å². The Labute approximate surface area is 117 Å². The largest absolute Gasteiger partial charge is 0.363 e. The van der Waals surface area contributed by atoms with E-state index >= 15 is 0 Å². The molecule has 0 aliphatic heterocycles. The zero-order valence-corrected chi connectivity index (χ0v) is 12.1. The molecule has 0 atom stereocenters. The maximum absolute atomic E-state index is 12.0. The Hall–Kier alpha value is -2.37. The molecule has 0 spiro atoms. The molecule has 1 N–H and O–H groups in total. The minimum absolute atomic E-state index is 0.112. The molecule has 2 aromatic rings. The number of carbonyl (C=O) groups is 1. The molecular weight excluding hydrogens is 256 g/mol. The second kappa shape index (κ2) is 5.73. The van der Waals surface area contributed by atoms with Gasteiger partial charge in [0, 0.05) is 19.7 Å². The Morgan fingerprint density at radius 1 is 1.35 bits per heavy atom. The van der Waals surface area contributed by atoms with Crippen LogP contribution in [0.3, 0.4) is 0 Å². The summed E-state index contributed by atoms with van der Waals surface area (Å²) in [6.45, 7) is 3.63. The summed E-state index contributed by atoms with van der Waals surface area (Å²) in [6, 6.07) is 3.68. The fraction of sp³-hybridized carbons (Fsp3) is 0.357. The number of nitrogens with one attached hydrogen (secondary N) is 1. The van der Waals surface area contributed by atoms with E-state index < -0.39 is 0 Å². The fourth-order valence-corrected chi connectivity index (χ4v) is 1.84. The van der Waals surface area contributed by atoms with Gasteiger partial charge in [-0.1, -0.05) is 5.16 Å². The SMILES string of the molecule is Cc1noc(C)c1CC(=O)Nc1ccc(N(C)C)nc1. The van der Waals surface area contributed by atoms with Gasteiger partial charge in [0.25, 0.3) is 0 Å². The third-order valence-corrected chi connectivity index (χ3v) is 3.01. The topological polar surface area (TPSA) is 71.3 Å². The number of hydrogen-bond acceptors (Lipinski definition) is 5. The van der Waals surface area contributed by atoms with Crippen LogP contribution in [0.5, 0.6) is 0 Å². The van der Waals surface area contributed by atoms with Crippen LogP contribution < -0.4 is 10.2 Å². The summed E-state index contributed by atoms with van der Waals surface area (Å²) in [5.41, 5.74) is 2.26. The van der Waals surface area contributed by atoms with Crippen LogP contribution in [0, 0.1) is 13.8 Å². The highest BCUT2D eigenvalue weighted by molar-refractivity contribution is 5.92. The summed E-state index contributed by atoms with van der Waals surface area (Å²) in [7, 11) is 3.83. The Morgan fingerprint density at radius 3 is 2.60 bits per heavy atom. The van der Waals surface area contributed by atoms with Crippen LogP contribution in [-0.2, 0) is 11.2 Å². The molecule has 6 heteroatoms. The molecule has 0 unspecified atom stereocenters. The molecular formula is C14H18N4O2. The average molecular weight is 274 g/mol. The summed E-state index contributed by atoms with van der Waals surface area (Å²) in [6.07, 6.45) is 1.89. The van der Waals surface area contributed by atoms with Gasteiger partial charge in [0.1, 0.15) is 11.6 Å². The number of aryl methyl sites for hydroxylation is 2. The van der Waals surface area contributed by atoms with E-state index in [-0.39, 0.29) is 12.3 Å². The lowest BCUT2D eigenvalue weighted by Gasteiger charge is -2.11. The second-order valence-electron chi connectivity index (χ2n) is 4.83. The van der Waals surface area contributed by atoms with Crippen molar-refractivity contribution in [2.75, 3.05) is 24.3 Å². The summed E-state index contributed by atoms with van der Waals surface area (Å²) >= 11 is 0. The molecule has 2 aromatic heterocycles. The average Bonchev–Trinajstić information content (AvgIpc) is 2.71. The first kappa shape index (κ1) is 14.0. The van der Waals surface area contributed by atoms with E-state index in [1.54, 1.807) is 13.1 Å². The first-order valence-electron chi connectivity index (χ1n) is 6.32. The van der Waals surface area contributed by atoms with E-state index in [0.29, 0.717) is 11.4 Å². The van der Waals surface area contributed by atoms with Gasteiger partial charge in [-0.3, -0.25) is 4.79 Å². The maximum Gasteiger partial charge on any atom is 0.229 e. The number of rotatable bonds is 4. The third kappa shape index (κ3) is 3.14.